The molecule has 2 rings (SSSR count). The van der Waals surface area contributed by atoms with Gasteiger partial charge in [0.1, 0.15) is 17.1 Å². The second kappa shape index (κ2) is 10.4. The molecule has 6 heteroatoms. The first-order valence-corrected chi connectivity index (χ1v) is 10.4. The number of aliphatic hydroxyl groups excluding tert-OH is 1. The first kappa shape index (κ1) is 24.4. The molecule has 0 aromatic heterocycles. The van der Waals surface area contributed by atoms with E-state index in [9.17, 15) is 9.59 Å². The third-order valence-corrected chi connectivity index (χ3v) is 4.45. The predicted octanol–water partition coefficient (Wildman–Crippen LogP) is 4.37. The van der Waals surface area contributed by atoms with Gasteiger partial charge >= 0.3 is 5.97 Å². The van der Waals surface area contributed by atoms with Crippen LogP contribution in [0.3, 0.4) is 0 Å². The van der Waals surface area contributed by atoms with Gasteiger partial charge in [-0.15, -0.1) is 0 Å². The van der Waals surface area contributed by atoms with E-state index in [0.29, 0.717) is 23.5 Å². The molecule has 0 aliphatic rings. The van der Waals surface area contributed by atoms with E-state index in [1.54, 1.807) is 38.1 Å². The van der Waals surface area contributed by atoms with Crippen LogP contribution < -0.4 is 9.47 Å². The van der Waals surface area contributed by atoms with Crippen LogP contribution in [0.5, 0.6) is 11.5 Å². The molecule has 0 radical (unpaired) electrons. The lowest BCUT2D eigenvalue weighted by atomic mass is 10.0. The molecule has 0 atom stereocenters. The van der Waals surface area contributed by atoms with Crippen molar-refractivity contribution in [1.29, 1.82) is 0 Å². The van der Waals surface area contributed by atoms with Gasteiger partial charge in [0, 0.05) is 6.61 Å². The standard InChI is InChI=1S/C25H32O6/c1-24(2,3)31-23(28)19-10-14-20(15-11-19)29-17-22(27)25(4,5)30-21-12-8-18(9-13-21)7-6-16-26/h8-15,26H,6-7,16-17H2,1-5H3. The number of aryl methyl sites for hydroxylation is 1. The summed E-state index contributed by atoms with van der Waals surface area (Å²) in [7, 11) is 0. The average molecular weight is 429 g/mol. The minimum absolute atomic E-state index is 0.156. The topological polar surface area (TPSA) is 82.1 Å². The minimum Gasteiger partial charge on any atom is -0.486 e. The lowest BCUT2D eigenvalue weighted by Crippen LogP contribution is -2.41. The molecular weight excluding hydrogens is 396 g/mol. The monoisotopic (exact) mass is 428 g/mol. The van der Waals surface area contributed by atoms with Crippen LogP contribution in [0, 0.1) is 0 Å². The summed E-state index contributed by atoms with van der Waals surface area (Å²) in [6, 6.07) is 14.0. The maximum atomic E-state index is 12.6. The molecule has 168 valence electrons. The van der Waals surface area contributed by atoms with Crippen molar-refractivity contribution in [3.8, 4) is 11.5 Å². The maximum absolute atomic E-state index is 12.6. The summed E-state index contributed by atoms with van der Waals surface area (Å²) in [4.78, 5) is 24.7. The lowest BCUT2D eigenvalue weighted by Gasteiger charge is -2.25. The number of carbonyl (C=O) groups excluding carboxylic acids is 2. The largest absolute Gasteiger partial charge is 0.486 e. The second-order valence-corrected chi connectivity index (χ2v) is 8.82. The van der Waals surface area contributed by atoms with Gasteiger partial charge in [0.25, 0.3) is 0 Å². The molecular formula is C25H32O6. The zero-order valence-electron chi connectivity index (χ0n) is 18.9. The number of rotatable bonds is 10. The molecule has 0 fully saturated rings. The molecule has 0 saturated carbocycles. The molecule has 0 spiro atoms. The summed E-state index contributed by atoms with van der Waals surface area (Å²) < 4.78 is 16.8. The van der Waals surface area contributed by atoms with E-state index in [2.05, 4.69) is 0 Å². The quantitative estimate of drug-likeness (QED) is 0.566. The van der Waals surface area contributed by atoms with Gasteiger partial charge in [0.15, 0.2) is 12.2 Å². The Bertz CT molecular complexity index is 860. The molecule has 0 saturated heterocycles. The molecule has 6 nitrogen and oxygen atoms in total. The third kappa shape index (κ3) is 8.06. The first-order valence-electron chi connectivity index (χ1n) is 10.4. The van der Waals surface area contributed by atoms with Crippen molar-refractivity contribution in [2.24, 2.45) is 0 Å². The van der Waals surface area contributed by atoms with Crippen molar-refractivity contribution in [2.45, 2.75) is 58.7 Å². The van der Waals surface area contributed by atoms with Crippen LogP contribution >= 0.6 is 0 Å². The first-order chi connectivity index (χ1) is 14.5. The highest BCUT2D eigenvalue weighted by atomic mass is 16.6. The van der Waals surface area contributed by atoms with E-state index < -0.39 is 17.2 Å². The van der Waals surface area contributed by atoms with Gasteiger partial charge in [-0.2, -0.15) is 0 Å². The van der Waals surface area contributed by atoms with Crippen LogP contribution in [0.15, 0.2) is 48.5 Å². The lowest BCUT2D eigenvalue weighted by molar-refractivity contribution is -0.134. The number of benzene rings is 2. The second-order valence-electron chi connectivity index (χ2n) is 8.82. The number of hydrogen-bond donors (Lipinski definition) is 1. The summed E-state index contributed by atoms with van der Waals surface area (Å²) in [6.07, 6.45) is 1.50. The van der Waals surface area contributed by atoms with Crippen LogP contribution in [-0.2, 0) is 16.0 Å². The van der Waals surface area contributed by atoms with Crippen molar-refractivity contribution in [2.75, 3.05) is 13.2 Å². The fraction of sp³-hybridized carbons (Fsp3) is 0.440. The molecule has 0 bridgehead atoms. The van der Waals surface area contributed by atoms with Gasteiger partial charge in [0.05, 0.1) is 5.56 Å². The van der Waals surface area contributed by atoms with Crippen molar-refractivity contribution >= 4 is 11.8 Å². The highest BCUT2D eigenvalue weighted by molar-refractivity contribution is 5.90. The minimum atomic E-state index is -1.07. The van der Waals surface area contributed by atoms with E-state index in [1.165, 1.54) is 0 Å². The summed E-state index contributed by atoms with van der Waals surface area (Å²) >= 11 is 0. The normalized spacial score (nSPS) is 11.7. The van der Waals surface area contributed by atoms with Gasteiger partial charge in [-0.25, -0.2) is 4.79 Å². The van der Waals surface area contributed by atoms with E-state index in [4.69, 9.17) is 19.3 Å². The smallest absolute Gasteiger partial charge is 0.338 e. The number of esters is 1. The SMILES string of the molecule is CC(C)(C)OC(=O)c1ccc(OCC(=O)C(C)(C)Oc2ccc(CCCO)cc2)cc1. The summed E-state index contributed by atoms with van der Waals surface area (Å²) in [5, 5.41) is 8.91. The molecule has 31 heavy (non-hydrogen) atoms. The number of Topliss-reactive ketones (excluding diaryl/α,β-unsaturated/α-hetero) is 1. The van der Waals surface area contributed by atoms with Crippen LogP contribution in [0.2, 0.25) is 0 Å². The zero-order chi connectivity index (χ0) is 23.1. The average Bonchev–Trinajstić information content (AvgIpc) is 2.70. The Morgan fingerprint density at radius 3 is 2.00 bits per heavy atom. The molecule has 0 unspecified atom stereocenters. The van der Waals surface area contributed by atoms with Crippen LogP contribution in [-0.4, -0.2) is 41.3 Å². The Balaban J connectivity index is 1.89. The van der Waals surface area contributed by atoms with Crippen LogP contribution in [0.4, 0.5) is 0 Å². The van der Waals surface area contributed by atoms with E-state index in [1.807, 2.05) is 45.0 Å². The van der Waals surface area contributed by atoms with E-state index in [-0.39, 0.29) is 19.0 Å². The molecule has 1 N–H and O–H groups in total. The van der Waals surface area contributed by atoms with Crippen LogP contribution in [0.25, 0.3) is 0 Å². The number of ketones is 1. The highest BCUT2D eigenvalue weighted by Crippen LogP contribution is 2.21. The van der Waals surface area contributed by atoms with Crippen molar-refractivity contribution in [1.82, 2.24) is 0 Å². The van der Waals surface area contributed by atoms with E-state index >= 15 is 0 Å². The van der Waals surface area contributed by atoms with Crippen molar-refractivity contribution in [3.63, 3.8) is 0 Å². The fourth-order valence-corrected chi connectivity index (χ4v) is 2.71. The molecule has 2 aromatic carbocycles. The predicted molar refractivity (Wildman–Crippen MR) is 119 cm³/mol. The molecule has 0 heterocycles. The van der Waals surface area contributed by atoms with Crippen molar-refractivity contribution in [3.05, 3.63) is 59.7 Å². The number of carbonyl (C=O) groups is 2. The summed E-state index contributed by atoms with van der Waals surface area (Å²) in [5.41, 5.74) is -0.115. The Morgan fingerprint density at radius 2 is 1.45 bits per heavy atom. The molecule has 0 amide bonds. The summed E-state index contributed by atoms with van der Waals surface area (Å²) in [5.74, 6) is 0.442. The molecule has 0 aliphatic carbocycles. The van der Waals surface area contributed by atoms with Crippen LogP contribution in [0.1, 0.15) is 57.0 Å². The molecule has 2 aromatic rings. The zero-order valence-corrected chi connectivity index (χ0v) is 18.9. The van der Waals surface area contributed by atoms with Gasteiger partial charge < -0.3 is 19.3 Å². The molecule has 0 aliphatic heterocycles. The van der Waals surface area contributed by atoms with Gasteiger partial charge in [-0.05, 0) is 89.4 Å². The maximum Gasteiger partial charge on any atom is 0.338 e. The van der Waals surface area contributed by atoms with Gasteiger partial charge in [-0.3, -0.25) is 4.79 Å². The Labute approximate surface area is 184 Å². The number of ether oxygens (including phenoxy) is 3. The highest BCUT2D eigenvalue weighted by Gasteiger charge is 2.30. The number of hydrogen-bond acceptors (Lipinski definition) is 6. The third-order valence-electron chi connectivity index (χ3n) is 4.45. The fourth-order valence-electron chi connectivity index (χ4n) is 2.71. The Hall–Kier alpha value is -2.86. The Morgan fingerprint density at radius 1 is 0.871 bits per heavy atom. The van der Waals surface area contributed by atoms with Gasteiger partial charge in [-0.1, -0.05) is 12.1 Å². The van der Waals surface area contributed by atoms with E-state index in [0.717, 1.165) is 12.0 Å². The van der Waals surface area contributed by atoms with Crippen molar-refractivity contribution < 1.29 is 28.9 Å². The summed E-state index contributed by atoms with van der Waals surface area (Å²) in [6.45, 7) is 8.82. The Kier molecular flexibility index (Phi) is 8.22. The number of aliphatic hydroxyl groups is 1. The van der Waals surface area contributed by atoms with Gasteiger partial charge in [0.2, 0.25) is 5.78 Å².